The average Bonchev–Trinajstić information content (AvgIpc) is 2.77. The molecule has 1 saturated heterocycles. The van der Waals surface area contributed by atoms with E-state index in [1.165, 1.54) is 19.1 Å². The quantitative estimate of drug-likeness (QED) is 0.641. The smallest absolute Gasteiger partial charge is 0.478 e. The van der Waals surface area contributed by atoms with Crippen molar-refractivity contribution in [3.8, 4) is 5.75 Å². The maximum atomic E-state index is 12.6. The van der Waals surface area contributed by atoms with Gasteiger partial charge in [-0.3, -0.25) is 4.79 Å². The molecule has 1 fully saturated rings. The fourth-order valence-electron chi connectivity index (χ4n) is 2.59. The highest BCUT2D eigenvalue weighted by Gasteiger charge is 2.52. The fraction of sp³-hybridized carbons (Fsp3) is 0.474. The van der Waals surface area contributed by atoms with Gasteiger partial charge in [-0.2, -0.15) is 0 Å². The highest BCUT2D eigenvalue weighted by molar-refractivity contribution is 8.13. The number of hydrogen-bond acceptors (Lipinski definition) is 6. The normalized spacial score (nSPS) is 18.4. The predicted molar refractivity (Wildman–Crippen MR) is 107 cm³/mol. The molecule has 11 heteroatoms. The number of carboxylic acid groups (broad SMARTS) is 1. The Morgan fingerprint density at radius 2 is 1.73 bits per heavy atom. The van der Waals surface area contributed by atoms with Gasteiger partial charge in [0.1, 0.15) is 5.75 Å². The number of carboxylic acids is 1. The summed E-state index contributed by atoms with van der Waals surface area (Å²) in [4.78, 5) is 22.8. The summed E-state index contributed by atoms with van der Waals surface area (Å²) in [6.45, 7) is 8.73. The fourth-order valence-corrected chi connectivity index (χ4v) is 3.18. The summed E-state index contributed by atoms with van der Waals surface area (Å²) in [5, 5.41) is 9.07. The third-order valence-corrected chi connectivity index (χ3v) is 5.64. The molecule has 6 nitrogen and oxygen atoms in total. The summed E-state index contributed by atoms with van der Waals surface area (Å²) in [5.74, 6) is -1.92. The third-order valence-electron chi connectivity index (χ3n) is 4.76. The molecule has 0 bridgehead atoms. The van der Waals surface area contributed by atoms with Crippen LogP contribution in [0.1, 0.15) is 50.5 Å². The van der Waals surface area contributed by atoms with Gasteiger partial charge in [0.15, 0.2) is 5.12 Å². The Kier molecular flexibility index (Phi) is 7.00. The Morgan fingerprint density at radius 3 is 2.20 bits per heavy atom. The first kappa shape index (κ1) is 24.3. The van der Waals surface area contributed by atoms with E-state index in [9.17, 15) is 27.9 Å². The van der Waals surface area contributed by atoms with Crippen LogP contribution >= 0.6 is 11.8 Å². The third kappa shape index (κ3) is 6.26. The first-order chi connectivity index (χ1) is 13.6. The number of halogens is 3. The molecule has 30 heavy (non-hydrogen) atoms. The molecule has 0 aliphatic carbocycles. The molecule has 2 rings (SSSR count). The zero-order valence-electron chi connectivity index (χ0n) is 17.1. The Hall–Kier alpha value is -1.98. The van der Waals surface area contributed by atoms with Crippen molar-refractivity contribution in [1.82, 2.24) is 0 Å². The van der Waals surface area contributed by atoms with Crippen molar-refractivity contribution in [2.75, 3.05) is 5.75 Å². The van der Waals surface area contributed by atoms with Crippen LogP contribution in [0.15, 0.2) is 23.7 Å². The highest BCUT2D eigenvalue weighted by atomic mass is 32.2. The molecule has 1 aromatic carbocycles. The molecule has 1 N–H and O–H groups in total. The van der Waals surface area contributed by atoms with Gasteiger partial charge >= 0.3 is 19.5 Å². The van der Waals surface area contributed by atoms with Gasteiger partial charge in [0, 0.05) is 12.7 Å². The van der Waals surface area contributed by atoms with Gasteiger partial charge in [-0.05, 0) is 56.9 Å². The van der Waals surface area contributed by atoms with Gasteiger partial charge in [-0.25, -0.2) is 4.79 Å². The molecule has 1 aromatic rings. The molecule has 0 radical (unpaired) electrons. The minimum absolute atomic E-state index is 0.142. The lowest BCUT2D eigenvalue weighted by Crippen LogP contribution is -2.41. The van der Waals surface area contributed by atoms with Crippen LogP contribution < -0.4 is 4.74 Å². The lowest BCUT2D eigenvalue weighted by atomic mass is 9.78. The summed E-state index contributed by atoms with van der Waals surface area (Å²) in [5.41, 5.74) is -1.12. The largest absolute Gasteiger partial charge is 0.573 e. The Bertz CT molecular complexity index is 850. The van der Waals surface area contributed by atoms with E-state index in [4.69, 9.17) is 9.31 Å². The number of carbonyl (C=O) groups is 2. The standard InChI is InChI=1S/C19H22BF3O6S/c1-11(24)30-10-14(20-28-17(2,3)18(4,5)29-20)7-12-6-13(16(25)26)9-15(8-12)27-19(21,22)23/h6-9H,10H2,1-5H3,(H,25,26). The second kappa shape index (κ2) is 8.64. The topological polar surface area (TPSA) is 82.1 Å². The summed E-state index contributed by atoms with van der Waals surface area (Å²) in [7, 11) is -0.859. The number of benzene rings is 1. The molecule has 0 atom stereocenters. The number of alkyl halides is 3. The summed E-state index contributed by atoms with van der Waals surface area (Å²) < 4.78 is 53.7. The van der Waals surface area contributed by atoms with Crippen molar-refractivity contribution in [3.05, 3.63) is 34.8 Å². The molecular formula is C19H22BF3O6S. The van der Waals surface area contributed by atoms with Crippen molar-refractivity contribution in [2.45, 2.75) is 52.2 Å². The van der Waals surface area contributed by atoms with Gasteiger partial charge in [0.2, 0.25) is 0 Å². The summed E-state index contributed by atoms with van der Waals surface area (Å²) in [6, 6.07) is 3.05. The van der Waals surface area contributed by atoms with Crippen LogP contribution in [0.5, 0.6) is 5.75 Å². The molecular weight excluding hydrogens is 424 g/mol. The molecule has 164 valence electrons. The van der Waals surface area contributed by atoms with Crippen molar-refractivity contribution in [2.24, 2.45) is 0 Å². The predicted octanol–water partition coefficient (Wildman–Crippen LogP) is 4.58. The van der Waals surface area contributed by atoms with Crippen LogP contribution in [0, 0.1) is 0 Å². The first-order valence-electron chi connectivity index (χ1n) is 8.93. The van der Waals surface area contributed by atoms with E-state index in [2.05, 4.69) is 4.74 Å². The summed E-state index contributed by atoms with van der Waals surface area (Å²) >= 11 is 0.976. The van der Waals surface area contributed by atoms with E-state index >= 15 is 0 Å². The molecule has 1 heterocycles. The van der Waals surface area contributed by atoms with E-state index in [0.717, 1.165) is 23.9 Å². The van der Waals surface area contributed by atoms with E-state index < -0.39 is 36.4 Å². The molecule has 0 saturated carbocycles. The highest BCUT2D eigenvalue weighted by Crippen LogP contribution is 2.39. The Morgan fingerprint density at radius 1 is 1.17 bits per heavy atom. The van der Waals surface area contributed by atoms with E-state index in [0.29, 0.717) is 5.47 Å². The molecule has 0 unspecified atom stereocenters. The molecule has 0 aromatic heterocycles. The van der Waals surface area contributed by atoms with Crippen LogP contribution in [0.25, 0.3) is 6.08 Å². The molecule has 0 spiro atoms. The number of ether oxygens (including phenoxy) is 1. The zero-order chi connectivity index (χ0) is 22.9. The van der Waals surface area contributed by atoms with E-state index in [1.54, 1.807) is 0 Å². The zero-order valence-corrected chi connectivity index (χ0v) is 17.9. The molecule has 1 aliphatic heterocycles. The maximum Gasteiger partial charge on any atom is 0.573 e. The van der Waals surface area contributed by atoms with Crippen molar-refractivity contribution >= 4 is 36.0 Å². The van der Waals surface area contributed by atoms with E-state index in [-0.39, 0.29) is 22.0 Å². The van der Waals surface area contributed by atoms with Gasteiger partial charge in [0.05, 0.1) is 16.8 Å². The van der Waals surface area contributed by atoms with Gasteiger partial charge in [-0.1, -0.05) is 17.8 Å². The number of hydrogen-bond donors (Lipinski definition) is 1. The number of rotatable bonds is 6. The van der Waals surface area contributed by atoms with E-state index in [1.807, 2.05) is 27.7 Å². The van der Waals surface area contributed by atoms with Gasteiger partial charge in [-0.15, -0.1) is 13.2 Å². The monoisotopic (exact) mass is 446 g/mol. The Balaban J connectivity index is 2.49. The number of thioether (sulfide) groups is 1. The second-order valence-electron chi connectivity index (χ2n) is 7.73. The molecule has 0 amide bonds. The second-order valence-corrected chi connectivity index (χ2v) is 8.88. The average molecular weight is 446 g/mol. The SMILES string of the molecule is CC(=O)SCC(=Cc1cc(OC(F)(F)F)cc(C(=O)O)c1)B1OC(C)(C)C(C)(C)O1. The van der Waals surface area contributed by atoms with Crippen LogP contribution in [-0.4, -0.2) is 46.6 Å². The van der Waals surface area contributed by atoms with Crippen LogP contribution in [-0.2, 0) is 14.1 Å². The first-order valence-corrected chi connectivity index (χ1v) is 9.92. The number of carbonyl (C=O) groups excluding carboxylic acids is 1. The molecule has 1 aliphatic rings. The minimum atomic E-state index is -4.98. The van der Waals surface area contributed by atoms with Crippen LogP contribution in [0.2, 0.25) is 0 Å². The van der Waals surface area contributed by atoms with Gasteiger partial charge < -0.3 is 19.2 Å². The maximum absolute atomic E-state index is 12.6. The lowest BCUT2D eigenvalue weighted by molar-refractivity contribution is -0.274. The summed E-state index contributed by atoms with van der Waals surface area (Å²) in [6.07, 6.45) is -3.52. The van der Waals surface area contributed by atoms with Crippen molar-refractivity contribution in [1.29, 1.82) is 0 Å². The van der Waals surface area contributed by atoms with Gasteiger partial charge in [0.25, 0.3) is 0 Å². The number of aromatic carboxylic acids is 1. The van der Waals surface area contributed by atoms with Crippen LogP contribution in [0.3, 0.4) is 0 Å². The van der Waals surface area contributed by atoms with Crippen molar-refractivity contribution < 1.29 is 41.9 Å². The Labute approximate surface area is 176 Å². The van der Waals surface area contributed by atoms with Crippen LogP contribution in [0.4, 0.5) is 13.2 Å². The van der Waals surface area contributed by atoms with Crippen molar-refractivity contribution in [3.63, 3.8) is 0 Å². The lowest BCUT2D eigenvalue weighted by Gasteiger charge is -2.32. The minimum Gasteiger partial charge on any atom is -0.478 e.